The Morgan fingerprint density at radius 2 is 1.90 bits per heavy atom. The van der Waals surface area contributed by atoms with E-state index in [4.69, 9.17) is 5.73 Å². The average molecular weight is 336 g/mol. The van der Waals surface area contributed by atoms with E-state index in [1.165, 1.54) is 6.33 Å². The van der Waals surface area contributed by atoms with Crippen molar-refractivity contribution in [1.82, 2.24) is 9.97 Å². The molecule has 1 aromatic heterocycles. The van der Waals surface area contributed by atoms with Crippen molar-refractivity contribution in [2.45, 2.75) is 25.0 Å². The summed E-state index contributed by atoms with van der Waals surface area (Å²) in [7, 11) is 0. The lowest BCUT2D eigenvalue weighted by atomic mass is 9.93. The third kappa shape index (κ3) is 2.86. The van der Waals surface area contributed by atoms with Crippen LogP contribution in [0.25, 0.3) is 5.57 Å². The van der Waals surface area contributed by atoms with Gasteiger partial charge >= 0.3 is 0 Å². The fourth-order valence-corrected chi connectivity index (χ4v) is 3.13. The third-order valence-corrected chi connectivity index (χ3v) is 4.21. The Morgan fingerprint density at radius 1 is 1.19 bits per heavy atom. The van der Waals surface area contributed by atoms with E-state index in [1.54, 1.807) is 0 Å². The summed E-state index contributed by atoms with van der Waals surface area (Å²) in [6.45, 7) is -0.124. The first kappa shape index (κ1) is 18.1. The summed E-state index contributed by atoms with van der Waals surface area (Å²) in [5.41, 5.74) is 8.37. The van der Waals surface area contributed by atoms with Crippen molar-refractivity contribution in [3.63, 3.8) is 0 Å². The first-order valence-corrected chi connectivity index (χ1v) is 6.40. The lowest BCUT2D eigenvalue weighted by Gasteiger charge is -2.18. The quantitative estimate of drug-likeness (QED) is 0.613. The normalized spacial score (nSPS) is 30.1. The third-order valence-electron chi connectivity index (χ3n) is 4.21. The molecule has 0 radical (unpaired) electrons. The summed E-state index contributed by atoms with van der Waals surface area (Å²) in [5, 5.41) is 29.3. The zero-order valence-electron chi connectivity index (χ0n) is 11.2. The van der Waals surface area contributed by atoms with Crippen LogP contribution in [0.3, 0.4) is 0 Å². The van der Waals surface area contributed by atoms with Crippen LogP contribution in [-0.4, -0.2) is 44.1 Å². The van der Waals surface area contributed by atoms with Gasteiger partial charge in [0, 0.05) is 24.0 Å². The van der Waals surface area contributed by atoms with Crippen LogP contribution in [0.5, 0.6) is 0 Å². The molecule has 118 valence electrons. The minimum atomic E-state index is -0.890. The molecule has 2 aliphatic carbocycles. The Labute approximate surface area is 134 Å². The monoisotopic (exact) mass is 335 g/mol. The fraction of sp³-hybridized carbons (Fsp3) is 0.538. The highest BCUT2D eigenvalue weighted by Crippen LogP contribution is 2.43. The van der Waals surface area contributed by atoms with Gasteiger partial charge in [0.05, 0.1) is 17.9 Å². The van der Waals surface area contributed by atoms with Gasteiger partial charge in [0.15, 0.2) is 0 Å². The number of hydrogen-bond donors (Lipinski definition) is 4. The number of anilines is 1. The Balaban J connectivity index is 0.00000110. The van der Waals surface area contributed by atoms with Gasteiger partial charge in [-0.05, 0) is 18.4 Å². The van der Waals surface area contributed by atoms with Gasteiger partial charge in [-0.1, -0.05) is 6.08 Å². The van der Waals surface area contributed by atoms with Crippen molar-refractivity contribution < 1.29 is 15.3 Å². The predicted molar refractivity (Wildman–Crippen MR) is 83.3 cm³/mol. The van der Waals surface area contributed by atoms with E-state index in [2.05, 4.69) is 9.97 Å². The first-order chi connectivity index (χ1) is 9.13. The minimum absolute atomic E-state index is 0. The van der Waals surface area contributed by atoms with Crippen LogP contribution in [0.1, 0.15) is 17.7 Å². The van der Waals surface area contributed by atoms with Crippen LogP contribution in [0.2, 0.25) is 0 Å². The number of hydrogen-bond acceptors (Lipinski definition) is 6. The number of halogens is 2. The summed E-state index contributed by atoms with van der Waals surface area (Å²) in [6.07, 6.45) is 2.84. The Kier molecular flexibility index (Phi) is 5.95. The standard InChI is InChI=1S/C13H17N3O3.2ClH/c14-13-8-2-1-7(10(8)15-5-16-13)9-3-6(4-17)11(18)12(9)19;;/h1,5-6,9,11-12,17-19H,2-4H2,(H2,14,15,16);2*1H/t6-,9+,11-,12+;;/m1../s1. The molecule has 8 heteroatoms. The highest BCUT2D eigenvalue weighted by atomic mass is 35.5. The molecule has 0 unspecified atom stereocenters. The maximum Gasteiger partial charge on any atom is 0.130 e. The summed E-state index contributed by atoms with van der Waals surface area (Å²) in [5.74, 6) is -0.0326. The molecule has 0 aromatic carbocycles. The lowest BCUT2D eigenvalue weighted by Crippen LogP contribution is -2.29. The maximum absolute atomic E-state index is 10.1. The molecule has 4 atom stereocenters. The van der Waals surface area contributed by atoms with Gasteiger partial charge in [-0.3, -0.25) is 0 Å². The van der Waals surface area contributed by atoms with Crippen LogP contribution in [0.4, 0.5) is 5.82 Å². The number of nitrogens with zero attached hydrogens (tertiary/aromatic N) is 2. The molecule has 0 amide bonds. The highest BCUT2D eigenvalue weighted by molar-refractivity contribution is 5.85. The van der Waals surface area contributed by atoms with E-state index in [1.807, 2.05) is 6.08 Å². The first-order valence-electron chi connectivity index (χ1n) is 6.40. The van der Waals surface area contributed by atoms with Crippen molar-refractivity contribution >= 4 is 36.2 Å². The molecule has 0 bridgehead atoms. The van der Waals surface area contributed by atoms with Crippen molar-refractivity contribution in [3.8, 4) is 0 Å². The molecular weight excluding hydrogens is 317 g/mol. The number of fused-ring (bicyclic) bond motifs is 1. The summed E-state index contributed by atoms with van der Waals surface area (Å²) < 4.78 is 0. The topological polar surface area (TPSA) is 112 Å². The predicted octanol–water partition coefficient (Wildman–Crippen LogP) is 0.192. The molecule has 3 rings (SSSR count). The van der Waals surface area contributed by atoms with Gasteiger partial charge in [-0.25, -0.2) is 9.97 Å². The van der Waals surface area contributed by atoms with Crippen molar-refractivity contribution in [2.24, 2.45) is 11.8 Å². The Morgan fingerprint density at radius 3 is 2.52 bits per heavy atom. The van der Waals surface area contributed by atoms with Crippen LogP contribution in [-0.2, 0) is 6.42 Å². The van der Waals surface area contributed by atoms with E-state index >= 15 is 0 Å². The zero-order chi connectivity index (χ0) is 13.6. The molecule has 5 N–H and O–H groups in total. The minimum Gasteiger partial charge on any atom is -0.396 e. The van der Waals surface area contributed by atoms with Crippen molar-refractivity contribution in [1.29, 1.82) is 0 Å². The number of allylic oxidation sites excluding steroid dienone is 1. The SMILES string of the molecule is Cl.Cl.Nc1ncnc2c1CC=C2[C@@H]1C[C@H](CO)[C@@H](O)[C@H]1O. The molecule has 1 aromatic rings. The van der Waals surface area contributed by atoms with E-state index < -0.39 is 12.2 Å². The van der Waals surface area contributed by atoms with Gasteiger partial charge in [0.1, 0.15) is 12.1 Å². The largest absolute Gasteiger partial charge is 0.396 e. The number of nitrogen functional groups attached to an aromatic ring is 1. The molecule has 6 nitrogen and oxygen atoms in total. The molecule has 0 aliphatic heterocycles. The second kappa shape index (κ2) is 6.89. The molecule has 1 saturated carbocycles. The summed E-state index contributed by atoms with van der Waals surface area (Å²) in [6, 6.07) is 0. The molecule has 0 saturated heterocycles. The molecule has 21 heavy (non-hydrogen) atoms. The van der Waals surface area contributed by atoms with Crippen LogP contribution in [0.15, 0.2) is 12.4 Å². The van der Waals surface area contributed by atoms with Gasteiger partial charge in [-0.2, -0.15) is 0 Å². The second-order valence-electron chi connectivity index (χ2n) is 5.22. The Bertz CT molecular complexity index is 541. The number of aromatic nitrogens is 2. The van der Waals surface area contributed by atoms with E-state index in [0.29, 0.717) is 18.7 Å². The van der Waals surface area contributed by atoms with Crippen LogP contribution in [0, 0.1) is 11.8 Å². The molecule has 1 heterocycles. The van der Waals surface area contributed by atoms with Gasteiger partial charge in [-0.15, -0.1) is 24.8 Å². The van der Waals surface area contributed by atoms with E-state index in [-0.39, 0.29) is 43.3 Å². The second-order valence-corrected chi connectivity index (χ2v) is 5.22. The molecule has 0 spiro atoms. The highest BCUT2D eigenvalue weighted by Gasteiger charge is 2.44. The maximum atomic E-state index is 10.1. The Hall–Kier alpha value is -0.920. The molecule has 2 aliphatic rings. The lowest BCUT2D eigenvalue weighted by molar-refractivity contribution is 0.000274. The molecule has 1 fully saturated rings. The van der Waals surface area contributed by atoms with Crippen molar-refractivity contribution in [2.75, 3.05) is 12.3 Å². The van der Waals surface area contributed by atoms with E-state index in [9.17, 15) is 15.3 Å². The van der Waals surface area contributed by atoms with Gasteiger partial charge < -0.3 is 21.1 Å². The van der Waals surface area contributed by atoms with Crippen molar-refractivity contribution in [3.05, 3.63) is 23.7 Å². The number of nitrogens with two attached hydrogens (primary N) is 1. The smallest absolute Gasteiger partial charge is 0.130 e. The van der Waals surface area contributed by atoms with Crippen LogP contribution >= 0.6 is 24.8 Å². The summed E-state index contributed by atoms with van der Waals surface area (Å²) in [4.78, 5) is 8.20. The zero-order valence-corrected chi connectivity index (χ0v) is 12.8. The van der Waals surface area contributed by atoms with Gasteiger partial charge in [0.25, 0.3) is 0 Å². The average Bonchev–Trinajstić information content (AvgIpc) is 2.94. The summed E-state index contributed by atoms with van der Waals surface area (Å²) >= 11 is 0. The number of aliphatic hydroxyl groups excluding tert-OH is 3. The van der Waals surface area contributed by atoms with E-state index in [0.717, 1.165) is 16.8 Å². The number of rotatable bonds is 2. The van der Waals surface area contributed by atoms with Gasteiger partial charge in [0.2, 0.25) is 0 Å². The van der Waals surface area contributed by atoms with Crippen LogP contribution < -0.4 is 5.73 Å². The molecular formula is C13H19Cl2N3O3. The number of aliphatic hydroxyl groups is 3. The fourth-order valence-electron chi connectivity index (χ4n) is 3.13.